The Morgan fingerprint density at radius 1 is 1.08 bits per heavy atom. The predicted octanol–water partition coefficient (Wildman–Crippen LogP) is 8.57. The molecule has 2 aliphatic rings. The van der Waals surface area contributed by atoms with Crippen molar-refractivity contribution in [1.82, 2.24) is 19.6 Å². The van der Waals surface area contributed by atoms with Crippen molar-refractivity contribution in [3.63, 3.8) is 0 Å². The van der Waals surface area contributed by atoms with Crippen LogP contribution in [0, 0.1) is 28.4 Å². The standard InChI is InChI=1S/C40H52Cl2F2N6O2/c1-6-8-18-48-21-16-39(52,17-22-48)26-49-20-15-33(47-49)46-37(51)36-34(28-11-10-12-30(42)35(28)44)40(25-45,29-14-13-27(41)23-31(29)43)32(24-38(3,4)5)50(36)19-9-7-2/h10-15,20,23,32,34,36,52H,6-9,16-19,21-22,24,26H2,1-5H3,(H,46,47,51). The Labute approximate surface area is 317 Å². The summed E-state index contributed by atoms with van der Waals surface area (Å²) in [6.45, 7) is 13.6. The number of nitrogens with zero attached hydrogens (tertiary/aromatic N) is 5. The number of hydrogen-bond donors (Lipinski definition) is 2. The van der Waals surface area contributed by atoms with Gasteiger partial charge < -0.3 is 15.3 Å². The Bertz CT molecular complexity index is 1750. The smallest absolute Gasteiger partial charge is 0.243 e. The minimum absolute atomic E-state index is 0.0492. The molecule has 5 rings (SSSR count). The van der Waals surface area contributed by atoms with Crippen molar-refractivity contribution in [3.8, 4) is 6.07 Å². The van der Waals surface area contributed by atoms with Crippen molar-refractivity contribution in [1.29, 1.82) is 5.26 Å². The molecule has 0 spiro atoms. The number of piperidine rings is 1. The zero-order valence-corrected chi connectivity index (χ0v) is 32.5. The molecule has 2 aliphatic heterocycles. The van der Waals surface area contributed by atoms with Gasteiger partial charge in [0, 0.05) is 47.9 Å². The molecule has 2 aromatic carbocycles. The molecule has 2 N–H and O–H groups in total. The Morgan fingerprint density at radius 2 is 1.77 bits per heavy atom. The summed E-state index contributed by atoms with van der Waals surface area (Å²) < 4.78 is 34.2. The monoisotopic (exact) mass is 756 g/mol. The lowest BCUT2D eigenvalue weighted by atomic mass is 9.62. The topological polar surface area (TPSA) is 97.4 Å². The molecule has 282 valence electrons. The number of halogens is 4. The van der Waals surface area contributed by atoms with E-state index in [2.05, 4.69) is 28.3 Å². The second-order valence-electron chi connectivity index (χ2n) is 15.8. The number of carbonyl (C=O) groups is 1. The van der Waals surface area contributed by atoms with Gasteiger partial charge in [-0.1, -0.05) is 88.9 Å². The maximum atomic E-state index is 16.3. The van der Waals surface area contributed by atoms with Crippen LogP contribution in [0.4, 0.5) is 14.6 Å². The highest BCUT2D eigenvalue weighted by atomic mass is 35.5. The fourth-order valence-electron chi connectivity index (χ4n) is 8.20. The number of aromatic nitrogens is 2. The molecule has 1 amide bonds. The van der Waals surface area contributed by atoms with Crippen LogP contribution in [-0.4, -0.2) is 74.5 Å². The zero-order chi connectivity index (χ0) is 37.8. The molecular weight excluding hydrogens is 705 g/mol. The van der Waals surface area contributed by atoms with Crippen LogP contribution in [0.5, 0.6) is 0 Å². The molecule has 52 heavy (non-hydrogen) atoms. The lowest BCUT2D eigenvalue weighted by Crippen LogP contribution is -2.48. The zero-order valence-electron chi connectivity index (χ0n) is 30.9. The van der Waals surface area contributed by atoms with Crippen LogP contribution in [0.2, 0.25) is 10.0 Å². The third-order valence-corrected chi connectivity index (χ3v) is 11.3. The number of hydrogen-bond acceptors (Lipinski definition) is 6. The van der Waals surface area contributed by atoms with Gasteiger partial charge in [0.2, 0.25) is 5.91 Å². The highest BCUT2D eigenvalue weighted by molar-refractivity contribution is 6.31. The quantitative estimate of drug-likeness (QED) is 0.182. The maximum Gasteiger partial charge on any atom is 0.243 e. The van der Waals surface area contributed by atoms with E-state index in [-0.39, 0.29) is 38.9 Å². The highest BCUT2D eigenvalue weighted by Crippen LogP contribution is 2.57. The van der Waals surface area contributed by atoms with Crippen molar-refractivity contribution >= 4 is 34.9 Å². The van der Waals surface area contributed by atoms with E-state index in [1.807, 2.05) is 32.6 Å². The van der Waals surface area contributed by atoms with Gasteiger partial charge in [-0.2, -0.15) is 10.4 Å². The number of benzene rings is 2. The van der Waals surface area contributed by atoms with Gasteiger partial charge in [-0.05, 0) is 74.4 Å². The Hall–Kier alpha value is -3.07. The molecule has 4 unspecified atom stereocenters. The number of amides is 1. The third-order valence-electron chi connectivity index (χ3n) is 10.8. The van der Waals surface area contributed by atoms with E-state index >= 15 is 8.78 Å². The predicted molar refractivity (Wildman–Crippen MR) is 203 cm³/mol. The molecule has 4 atom stereocenters. The van der Waals surface area contributed by atoms with Crippen LogP contribution < -0.4 is 5.32 Å². The average Bonchev–Trinajstić information content (AvgIpc) is 3.63. The third kappa shape index (κ3) is 8.50. The minimum atomic E-state index is -1.72. The number of nitriles is 1. The van der Waals surface area contributed by atoms with E-state index in [9.17, 15) is 15.2 Å². The molecule has 0 aliphatic carbocycles. The summed E-state index contributed by atoms with van der Waals surface area (Å²) in [5.74, 6) is -2.87. The average molecular weight is 758 g/mol. The molecule has 1 aromatic heterocycles. The summed E-state index contributed by atoms with van der Waals surface area (Å²) in [6, 6.07) is 11.1. The lowest BCUT2D eigenvalue weighted by Gasteiger charge is -2.39. The minimum Gasteiger partial charge on any atom is -0.388 e. The van der Waals surface area contributed by atoms with E-state index in [1.54, 1.807) is 23.0 Å². The van der Waals surface area contributed by atoms with Gasteiger partial charge in [0.15, 0.2) is 5.82 Å². The van der Waals surface area contributed by atoms with Gasteiger partial charge in [0.25, 0.3) is 0 Å². The fraction of sp³-hybridized carbons (Fsp3) is 0.575. The van der Waals surface area contributed by atoms with E-state index < -0.39 is 46.6 Å². The highest BCUT2D eigenvalue weighted by Gasteiger charge is 2.64. The fourth-order valence-corrected chi connectivity index (χ4v) is 8.54. The van der Waals surface area contributed by atoms with Crippen LogP contribution in [0.1, 0.15) is 96.6 Å². The van der Waals surface area contributed by atoms with Gasteiger partial charge >= 0.3 is 0 Å². The van der Waals surface area contributed by atoms with Crippen LogP contribution in [0.15, 0.2) is 48.7 Å². The second-order valence-corrected chi connectivity index (χ2v) is 16.7. The van der Waals surface area contributed by atoms with Crippen molar-refractivity contribution in [2.75, 3.05) is 31.5 Å². The Balaban J connectivity index is 1.57. The molecule has 0 radical (unpaired) electrons. The van der Waals surface area contributed by atoms with Crippen LogP contribution >= 0.6 is 23.2 Å². The molecule has 3 heterocycles. The summed E-state index contributed by atoms with van der Waals surface area (Å²) in [5.41, 5.74) is -2.91. The summed E-state index contributed by atoms with van der Waals surface area (Å²) in [4.78, 5) is 19.1. The van der Waals surface area contributed by atoms with Gasteiger partial charge in [-0.15, -0.1) is 0 Å². The van der Waals surface area contributed by atoms with Crippen molar-refractivity contribution in [3.05, 3.63) is 81.5 Å². The molecule has 0 saturated carbocycles. The van der Waals surface area contributed by atoms with E-state index in [1.165, 1.54) is 24.3 Å². The Morgan fingerprint density at radius 3 is 2.40 bits per heavy atom. The van der Waals surface area contributed by atoms with Gasteiger partial charge in [-0.3, -0.25) is 14.4 Å². The second kappa shape index (κ2) is 16.5. The van der Waals surface area contributed by atoms with Crippen LogP contribution in [-0.2, 0) is 16.8 Å². The van der Waals surface area contributed by atoms with Gasteiger partial charge in [-0.25, -0.2) is 8.78 Å². The molecular formula is C40H52Cl2F2N6O2. The van der Waals surface area contributed by atoms with Gasteiger partial charge in [0.1, 0.15) is 17.0 Å². The maximum absolute atomic E-state index is 16.3. The largest absolute Gasteiger partial charge is 0.388 e. The van der Waals surface area contributed by atoms with Crippen LogP contribution in [0.25, 0.3) is 0 Å². The van der Waals surface area contributed by atoms with Crippen molar-refractivity contribution < 1.29 is 18.7 Å². The molecule has 3 aromatic rings. The number of carbonyl (C=O) groups excluding carboxylic acids is 1. The molecule has 12 heteroatoms. The van der Waals surface area contributed by atoms with Crippen molar-refractivity contribution in [2.24, 2.45) is 5.41 Å². The first-order valence-corrected chi connectivity index (χ1v) is 19.3. The molecule has 8 nitrogen and oxygen atoms in total. The molecule has 2 saturated heterocycles. The lowest BCUT2D eigenvalue weighted by molar-refractivity contribution is -0.121. The number of aliphatic hydroxyl groups is 1. The van der Waals surface area contributed by atoms with Gasteiger partial charge in [0.05, 0.1) is 29.3 Å². The summed E-state index contributed by atoms with van der Waals surface area (Å²) >= 11 is 12.6. The van der Waals surface area contributed by atoms with E-state index in [4.69, 9.17) is 23.2 Å². The number of nitrogens with one attached hydrogen (secondary N) is 1. The Kier molecular flexibility index (Phi) is 12.7. The first-order chi connectivity index (χ1) is 24.7. The van der Waals surface area contributed by atoms with E-state index in [0.29, 0.717) is 32.2 Å². The molecule has 2 fully saturated rings. The summed E-state index contributed by atoms with van der Waals surface area (Å²) in [6.07, 6.45) is 7.09. The first kappa shape index (κ1) is 40.1. The van der Waals surface area contributed by atoms with E-state index in [0.717, 1.165) is 45.0 Å². The number of likely N-dealkylation sites (tertiary alicyclic amines) is 2. The molecule has 0 bridgehead atoms. The summed E-state index contributed by atoms with van der Waals surface area (Å²) in [7, 11) is 0. The number of rotatable bonds is 13. The summed E-state index contributed by atoms with van der Waals surface area (Å²) in [5, 5.41) is 30.4. The first-order valence-electron chi connectivity index (χ1n) is 18.5. The van der Waals surface area contributed by atoms with Crippen LogP contribution in [0.3, 0.4) is 0 Å². The number of anilines is 1. The number of unbranched alkanes of at least 4 members (excludes halogenated alkanes) is 2. The SMILES string of the molecule is CCCCN1CCC(O)(Cn2ccc(NC(=O)C3C(c4cccc(Cl)c4F)C(C#N)(c4ccc(Cl)cc4F)C(CC(C)(C)C)N3CCCC)n2)CC1. The van der Waals surface area contributed by atoms with Crippen molar-refractivity contribution in [2.45, 2.75) is 115 Å². The normalized spacial score (nSPS) is 23.8.